The van der Waals surface area contributed by atoms with E-state index in [-0.39, 0.29) is 53.8 Å². The van der Waals surface area contributed by atoms with Gasteiger partial charge in [0.2, 0.25) is 0 Å². The van der Waals surface area contributed by atoms with Gasteiger partial charge in [-0.1, -0.05) is 18.2 Å². The Hall–Kier alpha value is -4.48. The summed E-state index contributed by atoms with van der Waals surface area (Å²) in [7, 11) is 0. The minimum atomic E-state index is -5.01. The van der Waals surface area contributed by atoms with Crippen LogP contribution < -0.4 is 5.32 Å². The van der Waals surface area contributed by atoms with Gasteiger partial charge >= 0.3 is 18.3 Å². The molecule has 210 valence electrons. The number of ether oxygens (including phenoxy) is 1. The van der Waals surface area contributed by atoms with E-state index in [0.717, 1.165) is 0 Å². The zero-order valence-corrected chi connectivity index (χ0v) is 20.8. The van der Waals surface area contributed by atoms with Crippen LogP contribution in [0.25, 0.3) is 22.0 Å². The number of phenolic OH excluding ortho intramolecular Hbond substituents is 1. The van der Waals surface area contributed by atoms with Gasteiger partial charge in [-0.25, -0.2) is 4.79 Å². The molecule has 1 amide bonds. The average Bonchev–Trinajstić information content (AvgIpc) is 3.25. The topological polar surface area (TPSA) is 91.4 Å². The van der Waals surface area contributed by atoms with E-state index in [4.69, 9.17) is 4.74 Å². The number of para-hydroxylation sites is 1. The van der Waals surface area contributed by atoms with Crippen molar-refractivity contribution in [1.82, 2.24) is 10.3 Å². The van der Waals surface area contributed by atoms with E-state index >= 15 is 0 Å². The molecular formula is C28H22F6N2O4. The number of carbonyl (C=O) groups excluding carboxylic acids is 2. The van der Waals surface area contributed by atoms with E-state index < -0.39 is 35.4 Å². The van der Waals surface area contributed by atoms with Gasteiger partial charge in [0.25, 0.3) is 5.91 Å². The largest absolute Gasteiger partial charge is 0.507 e. The number of fused-ring (bicyclic) bond motifs is 1. The van der Waals surface area contributed by atoms with Gasteiger partial charge in [-0.15, -0.1) is 0 Å². The van der Waals surface area contributed by atoms with E-state index in [1.807, 2.05) is 0 Å². The molecule has 4 aromatic rings. The van der Waals surface area contributed by atoms with Crippen molar-refractivity contribution in [2.45, 2.75) is 25.7 Å². The number of H-pyrrole nitrogens is 1. The Morgan fingerprint density at radius 2 is 1.55 bits per heavy atom. The number of aromatic nitrogens is 1. The SMILES string of the molecule is CCOC(=O)c1[nH]c2ccc(-c3cc(C(F)(F)F)cc(C(F)(F)F)c3)cc2c1CCNC(=O)c1ccccc1O. The maximum Gasteiger partial charge on any atom is 0.416 e. The number of amides is 1. The summed E-state index contributed by atoms with van der Waals surface area (Å²) in [6, 6.07) is 11.3. The Labute approximate surface area is 223 Å². The van der Waals surface area contributed by atoms with Crippen molar-refractivity contribution >= 4 is 22.8 Å². The molecule has 0 aliphatic carbocycles. The van der Waals surface area contributed by atoms with Gasteiger partial charge in [-0.2, -0.15) is 26.3 Å². The third-order valence-corrected chi connectivity index (χ3v) is 6.12. The molecule has 0 atom stereocenters. The van der Waals surface area contributed by atoms with E-state index in [1.165, 1.54) is 30.3 Å². The number of carbonyl (C=O) groups is 2. The molecule has 4 rings (SSSR count). The van der Waals surface area contributed by atoms with E-state index in [2.05, 4.69) is 10.3 Å². The third kappa shape index (κ3) is 6.05. The minimum absolute atomic E-state index is 0.0153. The van der Waals surface area contributed by atoms with Crippen LogP contribution in [0.15, 0.2) is 60.7 Å². The lowest BCUT2D eigenvalue weighted by atomic mass is 9.97. The summed E-state index contributed by atoms with van der Waals surface area (Å²) in [6.07, 6.45) is -9.98. The van der Waals surface area contributed by atoms with Crippen LogP contribution in [-0.4, -0.2) is 35.1 Å². The number of hydrogen-bond donors (Lipinski definition) is 3. The van der Waals surface area contributed by atoms with Crippen LogP contribution in [0.2, 0.25) is 0 Å². The summed E-state index contributed by atoms with van der Waals surface area (Å²) in [5.74, 6) is -1.54. The molecule has 0 fully saturated rings. The lowest BCUT2D eigenvalue weighted by molar-refractivity contribution is -0.143. The molecule has 12 heteroatoms. The van der Waals surface area contributed by atoms with Crippen LogP contribution in [-0.2, 0) is 23.5 Å². The van der Waals surface area contributed by atoms with Gasteiger partial charge in [0.05, 0.1) is 23.3 Å². The maximum absolute atomic E-state index is 13.4. The third-order valence-electron chi connectivity index (χ3n) is 6.12. The molecule has 0 unspecified atom stereocenters. The van der Waals surface area contributed by atoms with E-state index in [1.54, 1.807) is 19.1 Å². The number of nitrogens with one attached hydrogen (secondary N) is 2. The second kappa shape index (κ2) is 10.9. The lowest BCUT2D eigenvalue weighted by Crippen LogP contribution is -2.26. The molecule has 0 aliphatic heterocycles. The predicted octanol–water partition coefficient (Wildman–Crippen LogP) is 6.73. The molecule has 6 nitrogen and oxygen atoms in total. The standard InChI is InChI=1S/C28H22F6N2O4/c1-2-40-26(39)24-19(9-10-35-25(38)20-5-3-4-6-23(20)37)21-13-15(7-8-22(21)36-24)16-11-17(27(29,30)31)14-18(12-16)28(32,33)34/h3-8,11-14,36-37H,2,9-10H2,1H3,(H,35,38). The summed E-state index contributed by atoms with van der Waals surface area (Å²) in [6.45, 7) is 1.63. The molecule has 0 aliphatic rings. The number of halogens is 6. The van der Waals surface area contributed by atoms with Crippen molar-refractivity contribution in [3.63, 3.8) is 0 Å². The monoisotopic (exact) mass is 564 g/mol. The second-order valence-corrected chi connectivity index (χ2v) is 8.78. The molecule has 0 saturated heterocycles. The zero-order chi connectivity index (χ0) is 29.2. The van der Waals surface area contributed by atoms with Crippen molar-refractivity contribution in [1.29, 1.82) is 0 Å². The first-order valence-corrected chi connectivity index (χ1v) is 12.0. The number of benzene rings is 3. The summed E-state index contributed by atoms with van der Waals surface area (Å²) in [5.41, 5.74) is -2.38. The summed E-state index contributed by atoms with van der Waals surface area (Å²) >= 11 is 0. The van der Waals surface area contributed by atoms with Gasteiger partial charge in [0, 0.05) is 17.4 Å². The molecule has 1 heterocycles. The highest BCUT2D eigenvalue weighted by atomic mass is 19.4. The van der Waals surface area contributed by atoms with Crippen LogP contribution in [0.3, 0.4) is 0 Å². The van der Waals surface area contributed by atoms with Gasteiger partial charge in [-0.05, 0) is 72.5 Å². The van der Waals surface area contributed by atoms with Crippen LogP contribution in [0.5, 0.6) is 5.75 Å². The van der Waals surface area contributed by atoms with Gasteiger partial charge in [-0.3, -0.25) is 4.79 Å². The van der Waals surface area contributed by atoms with Gasteiger partial charge in [0.1, 0.15) is 11.4 Å². The van der Waals surface area contributed by atoms with Crippen molar-refractivity contribution in [3.8, 4) is 16.9 Å². The van der Waals surface area contributed by atoms with Crippen LogP contribution >= 0.6 is 0 Å². The fourth-order valence-corrected chi connectivity index (χ4v) is 4.25. The fraction of sp³-hybridized carbons (Fsp3) is 0.214. The summed E-state index contributed by atoms with van der Waals surface area (Å²) in [5, 5.41) is 12.9. The molecule has 0 spiro atoms. The maximum atomic E-state index is 13.4. The summed E-state index contributed by atoms with van der Waals surface area (Å²) < 4.78 is 85.6. The van der Waals surface area contributed by atoms with Crippen molar-refractivity contribution in [2.24, 2.45) is 0 Å². The molecule has 0 radical (unpaired) electrons. The first kappa shape index (κ1) is 28.5. The Bertz CT molecular complexity index is 1540. The number of rotatable bonds is 7. The minimum Gasteiger partial charge on any atom is -0.507 e. The smallest absolute Gasteiger partial charge is 0.416 e. The Morgan fingerprint density at radius 3 is 2.15 bits per heavy atom. The van der Waals surface area contributed by atoms with Crippen LogP contribution in [0.4, 0.5) is 26.3 Å². The van der Waals surface area contributed by atoms with E-state index in [9.17, 15) is 41.0 Å². The number of aromatic hydroxyl groups is 1. The number of phenols is 1. The number of aromatic amines is 1. The first-order valence-electron chi connectivity index (χ1n) is 12.0. The number of esters is 1. The highest BCUT2D eigenvalue weighted by Crippen LogP contribution is 2.39. The normalized spacial score (nSPS) is 12.0. The van der Waals surface area contributed by atoms with Crippen molar-refractivity contribution in [3.05, 3.63) is 88.6 Å². The summed E-state index contributed by atoms with van der Waals surface area (Å²) in [4.78, 5) is 28.0. The van der Waals surface area contributed by atoms with Crippen LogP contribution in [0, 0.1) is 0 Å². The predicted molar refractivity (Wildman–Crippen MR) is 134 cm³/mol. The Balaban J connectivity index is 1.75. The average molecular weight is 564 g/mol. The van der Waals surface area contributed by atoms with E-state index in [0.29, 0.717) is 28.6 Å². The zero-order valence-electron chi connectivity index (χ0n) is 20.8. The first-order chi connectivity index (χ1) is 18.8. The Morgan fingerprint density at radius 1 is 0.900 bits per heavy atom. The van der Waals surface area contributed by atoms with Crippen molar-refractivity contribution in [2.75, 3.05) is 13.2 Å². The highest BCUT2D eigenvalue weighted by Gasteiger charge is 2.37. The Kier molecular flexibility index (Phi) is 7.81. The number of hydrogen-bond acceptors (Lipinski definition) is 4. The second-order valence-electron chi connectivity index (χ2n) is 8.78. The molecular weight excluding hydrogens is 542 g/mol. The van der Waals surface area contributed by atoms with Crippen LogP contribution in [0.1, 0.15) is 44.5 Å². The molecule has 0 saturated carbocycles. The van der Waals surface area contributed by atoms with Gasteiger partial charge < -0.3 is 20.1 Å². The lowest BCUT2D eigenvalue weighted by Gasteiger charge is -2.14. The highest BCUT2D eigenvalue weighted by molar-refractivity contribution is 6.00. The quantitative estimate of drug-likeness (QED) is 0.172. The fourth-order valence-electron chi connectivity index (χ4n) is 4.25. The molecule has 3 N–H and O–H groups in total. The van der Waals surface area contributed by atoms with Crippen molar-refractivity contribution < 1.29 is 45.8 Å². The molecule has 3 aromatic carbocycles. The molecule has 1 aromatic heterocycles. The molecule has 40 heavy (non-hydrogen) atoms. The number of alkyl halides is 6. The molecule has 0 bridgehead atoms. The van der Waals surface area contributed by atoms with Gasteiger partial charge in [0.15, 0.2) is 0 Å².